The van der Waals surface area contributed by atoms with Crippen LogP contribution in [0.25, 0.3) is 0 Å². The van der Waals surface area contributed by atoms with Crippen LogP contribution >= 0.6 is 0 Å². The summed E-state index contributed by atoms with van der Waals surface area (Å²) in [4.78, 5) is 0. The van der Waals surface area contributed by atoms with E-state index in [1.165, 1.54) is 5.56 Å². The Balaban J connectivity index is 1.83. The molecule has 0 spiro atoms. The molecule has 17 heavy (non-hydrogen) atoms. The van der Waals surface area contributed by atoms with Gasteiger partial charge in [-0.15, -0.1) is 0 Å². The summed E-state index contributed by atoms with van der Waals surface area (Å²) < 4.78 is 11.4. The van der Waals surface area contributed by atoms with Crippen LogP contribution in [0.2, 0.25) is 0 Å². The van der Waals surface area contributed by atoms with E-state index in [9.17, 15) is 0 Å². The lowest BCUT2D eigenvalue weighted by Gasteiger charge is -2.23. The molecule has 0 unspecified atom stereocenters. The maximum absolute atomic E-state index is 5.91. The fourth-order valence-electron chi connectivity index (χ4n) is 2.07. The summed E-state index contributed by atoms with van der Waals surface area (Å²) in [6.07, 6.45) is 2.64. The highest BCUT2D eigenvalue weighted by molar-refractivity contribution is 5.28. The van der Waals surface area contributed by atoms with E-state index in [0.29, 0.717) is 19.3 Å². The Hall–Kier alpha value is -1.06. The van der Waals surface area contributed by atoms with Crippen LogP contribution in [-0.2, 0) is 11.3 Å². The number of piperidine rings is 1. The molecular formula is C14H21NO2. The number of rotatable bonds is 5. The molecule has 0 aliphatic carbocycles. The van der Waals surface area contributed by atoms with E-state index >= 15 is 0 Å². The first-order chi connectivity index (χ1) is 8.38. The Kier molecular flexibility index (Phi) is 4.83. The monoisotopic (exact) mass is 235 g/mol. The third-order valence-electron chi connectivity index (χ3n) is 2.98. The summed E-state index contributed by atoms with van der Waals surface area (Å²) in [5.41, 5.74) is 1.19. The summed E-state index contributed by atoms with van der Waals surface area (Å²) in [5.74, 6) is 0.930. The molecule has 1 N–H and O–H groups in total. The Labute approximate surface area is 103 Å². The van der Waals surface area contributed by atoms with E-state index < -0.39 is 0 Å². The molecule has 3 heteroatoms. The quantitative estimate of drug-likeness (QED) is 0.850. The first-order valence-corrected chi connectivity index (χ1v) is 6.42. The van der Waals surface area contributed by atoms with Gasteiger partial charge >= 0.3 is 0 Å². The van der Waals surface area contributed by atoms with Crippen molar-refractivity contribution in [3.05, 3.63) is 29.8 Å². The highest BCUT2D eigenvalue weighted by Gasteiger charge is 2.13. The Bertz CT molecular complexity index is 335. The zero-order valence-corrected chi connectivity index (χ0v) is 10.4. The number of hydrogen-bond donors (Lipinski definition) is 1. The van der Waals surface area contributed by atoms with Crippen LogP contribution in [0.15, 0.2) is 24.3 Å². The molecule has 1 aromatic rings. The summed E-state index contributed by atoms with van der Waals surface area (Å²) in [6.45, 7) is 5.54. The van der Waals surface area contributed by atoms with Crippen molar-refractivity contribution >= 4 is 0 Å². The number of ether oxygens (including phenoxy) is 2. The summed E-state index contributed by atoms with van der Waals surface area (Å²) in [7, 11) is 0. The standard InChI is InChI=1S/C14H21NO2/c1-2-16-14-5-3-4-12(10-14)11-17-13-6-8-15-9-7-13/h3-5,10,13,15H,2,6-9,11H2,1H3. The maximum atomic E-state index is 5.91. The minimum Gasteiger partial charge on any atom is -0.494 e. The molecule has 0 saturated carbocycles. The van der Waals surface area contributed by atoms with Crippen molar-refractivity contribution in [2.24, 2.45) is 0 Å². The number of hydrogen-bond acceptors (Lipinski definition) is 3. The van der Waals surface area contributed by atoms with Crippen LogP contribution in [0.5, 0.6) is 5.75 Å². The van der Waals surface area contributed by atoms with Crippen molar-refractivity contribution in [1.29, 1.82) is 0 Å². The normalized spacial score (nSPS) is 17.0. The van der Waals surface area contributed by atoms with Crippen molar-refractivity contribution in [1.82, 2.24) is 5.32 Å². The fraction of sp³-hybridized carbons (Fsp3) is 0.571. The van der Waals surface area contributed by atoms with Gasteiger partial charge in [0.25, 0.3) is 0 Å². The van der Waals surface area contributed by atoms with Crippen molar-refractivity contribution < 1.29 is 9.47 Å². The van der Waals surface area contributed by atoms with Gasteiger partial charge in [0.2, 0.25) is 0 Å². The van der Waals surface area contributed by atoms with Gasteiger partial charge < -0.3 is 14.8 Å². The zero-order chi connectivity index (χ0) is 11.9. The minimum absolute atomic E-state index is 0.409. The molecule has 2 rings (SSSR count). The molecule has 1 aliphatic rings. The van der Waals surface area contributed by atoms with Gasteiger partial charge in [-0.3, -0.25) is 0 Å². The van der Waals surface area contributed by atoms with Gasteiger partial charge in [-0.2, -0.15) is 0 Å². The summed E-state index contributed by atoms with van der Waals surface area (Å²) in [5, 5.41) is 3.34. The third-order valence-corrected chi connectivity index (χ3v) is 2.98. The molecule has 1 aliphatic heterocycles. The molecule has 0 bridgehead atoms. The number of benzene rings is 1. The first-order valence-electron chi connectivity index (χ1n) is 6.42. The molecule has 0 aromatic heterocycles. The van der Waals surface area contributed by atoms with Crippen LogP contribution in [0, 0.1) is 0 Å². The van der Waals surface area contributed by atoms with E-state index in [1.54, 1.807) is 0 Å². The van der Waals surface area contributed by atoms with Gasteiger partial charge in [0.15, 0.2) is 0 Å². The first kappa shape index (κ1) is 12.4. The smallest absolute Gasteiger partial charge is 0.119 e. The minimum atomic E-state index is 0.409. The van der Waals surface area contributed by atoms with Crippen LogP contribution in [-0.4, -0.2) is 25.8 Å². The van der Waals surface area contributed by atoms with E-state index in [4.69, 9.17) is 9.47 Å². The average molecular weight is 235 g/mol. The topological polar surface area (TPSA) is 30.5 Å². The van der Waals surface area contributed by atoms with Crippen molar-refractivity contribution in [2.45, 2.75) is 32.5 Å². The molecule has 1 aromatic carbocycles. The van der Waals surface area contributed by atoms with Crippen molar-refractivity contribution in [2.75, 3.05) is 19.7 Å². The number of nitrogens with one attached hydrogen (secondary N) is 1. The SMILES string of the molecule is CCOc1cccc(COC2CCNCC2)c1. The molecule has 1 saturated heterocycles. The van der Waals surface area contributed by atoms with Gasteiger partial charge in [0, 0.05) is 0 Å². The van der Waals surface area contributed by atoms with Crippen LogP contribution in [0.1, 0.15) is 25.3 Å². The third kappa shape index (κ3) is 4.02. The maximum Gasteiger partial charge on any atom is 0.119 e. The van der Waals surface area contributed by atoms with Crippen LogP contribution < -0.4 is 10.1 Å². The largest absolute Gasteiger partial charge is 0.494 e. The molecule has 1 fully saturated rings. The van der Waals surface area contributed by atoms with Gasteiger partial charge in [-0.1, -0.05) is 12.1 Å². The lowest BCUT2D eigenvalue weighted by Crippen LogP contribution is -2.32. The Morgan fingerprint density at radius 2 is 2.12 bits per heavy atom. The lowest BCUT2D eigenvalue weighted by molar-refractivity contribution is 0.0211. The second kappa shape index (κ2) is 6.62. The zero-order valence-electron chi connectivity index (χ0n) is 10.4. The van der Waals surface area contributed by atoms with Crippen LogP contribution in [0.4, 0.5) is 0 Å². The highest BCUT2D eigenvalue weighted by atomic mass is 16.5. The van der Waals surface area contributed by atoms with E-state index in [-0.39, 0.29) is 0 Å². The van der Waals surface area contributed by atoms with Gasteiger partial charge in [-0.25, -0.2) is 0 Å². The molecule has 3 nitrogen and oxygen atoms in total. The van der Waals surface area contributed by atoms with Gasteiger partial charge in [-0.05, 0) is 50.6 Å². The summed E-state index contributed by atoms with van der Waals surface area (Å²) >= 11 is 0. The highest BCUT2D eigenvalue weighted by Crippen LogP contribution is 2.16. The predicted octanol–water partition coefficient (Wildman–Crippen LogP) is 2.35. The van der Waals surface area contributed by atoms with E-state index in [2.05, 4.69) is 17.4 Å². The second-order valence-corrected chi connectivity index (χ2v) is 4.34. The van der Waals surface area contributed by atoms with Crippen LogP contribution in [0.3, 0.4) is 0 Å². The van der Waals surface area contributed by atoms with Gasteiger partial charge in [0.05, 0.1) is 19.3 Å². The Morgan fingerprint density at radius 3 is 2.88 bits per heavy atom. The van der Waals surface area contributed by atoms with Crippen molar-refractivity contribution in [3.8, 4) is 5.75 Å². The molecule has 1 heterocycles. The molecule has 0 radical (unpaired) electrons. The van der Waals surface area contributed by atoms with E-state index in [1.807, 2.05) is 19.1 Å². The second-order valence-electron chi connectivity index (χ2n) is 4.34. The lowest BCUT2D eigenvalue weighted by atomic mass is 10.1. The molecule has 0 amide bonds. The Morgan fingerprint density at radius 1 is 1.29 bits per heavy atom. The van der Waals surface area contributed by atoms with Gasteiger partial charge in [0.1, 0.15) is 5.75 Å². The fourth-order valence-corrected chi connectivity index (χ4v) is 2.07. The van der Waals surface area contributed by atoms with Crippen molar-refractivity contribution in [3.63, 3.8) is 0 Å². The molecule has 94 valence electrons. The summed E-state index contributed by atoms with van der Waals surface area (Å²) in [6, 6.07) is 8.15. The average Bonchev–Trinajstić information content (AvgIpc) is 2.39. The molecule has 0 atom stereocenters. The van der Waals surface area contributed by atoms with E-state index in [0.717, 1.165) is 31.7 Å². The molecular weight excluding hydrogens is 214 g/mol. The predicted molar refractivity (Wildman–Crippen MR) is 68.3 cm³/mol.